The number of aliphatic hydroxyl groups is 2. The van der Waals surface area contributed by atoms with Crippen molar-refractivity contribution < 1.29 is 10.2 Å². The first kappa shape index (κ1) is 9.65. The summed E-state index contributed by atoms with van der Waals surface area (Å²) in [7, 11) is 0. The van der Waals surface area contributed by atoms with Crippen molar-refractivity contribution in [1.82, 2.24) is 10.2 Å². The molecule has 0 radical (unpaired) electrons. The van der Waals surface area contributed by atoms with Gasteiger partial charge >= 0.3 is 0 Å². The minimum Gasteiger partial charge on any atom is -0.385 e. The molecule has 76 valence electrons. The van der Waals surface area contributed by atoms with Crippen LogP contribution >= 0.6 is 0 Å². The number of aromatic amines is 1. The van der Waals surface area contributed by atoms with Gasteiger partial charge in [-0.25, -0.2) is 0 Å². The van der Waals surface area contributed by atoms with Gasteiger partial charge in [-0.15, -0.1) is 0 Å². The molecule has 2 unspecified atom stereocenters. The lowest BCUT2D eigenvalue weighted by Gasteiger charge is -2.12. The minimum absolute atomic E-state index is 0.496. The Labute approximate surface area is 85.6 Å². The Morgan fingerprint density at radius 3 is 2.93 bits per heavy atom. The van der Waals surface area contributed by atoms with Crippen LogP contribution in [0.5, 0.6) is 0 Å². The number of nitriles is 1. The molecule has 3 N–H and O–H groups in total. The molecule has 1 heterocycles. The van der Waals surface area contributed by atoms with Crippen LogP contribution in [-0.2, 0) is 0 Å². The van der Waals surface area contributed by atoms with Gasteiger partial charge in [-0.1, -0.05) is 12.1 Å². The van der Waals surface area contributed by atoms with Gasteiger partial charge in [0.1, 0.15) is 6.10 Å². The van der Waals surface area contributed by atoms with Crippen LogP contribution in [0.15, 0.2) is 24.4 Å². The summed E-state index contributed by atoms with van der Waals surface area (Å²) in [6.45, 7) is 0. The van der Waals surface area contributed by atoms with E-state index in [9.17, 15) is 10.2 Å². The second kappa shape index (κ2) is 3.69. The zero-order chi connectivity index (χ0) is 10.8. The molecule has 2 rings (SSSR count). The molecule has 0 aliphatic carbocycles. The molecule has 0 aliphatic rings. The van der Waals surface area contributed by atoms with Crippen LogP contribution in [0.3, 0.4) is 0 Å². The highest BCUT2D eigenvalue weighted by molar-refractivity contribution is 5.82. The first-order valence-electron chi connectivity index (χ1n) is 4.42. The van der Waals surface area contributed by atoms with Crippen molar-refractivity contribution in [1.29, 1.82) is 5.26 Å². The number of nitrogens with zero attached hydrogens (tertiary/aromatic N) is 2. The van der Waals surface area contributed by atoms with Gasteiger partial charge in [0.25, 0.3) is 0 Å². The second-order valence-corrected chi connectivity index (χ2v) is 3.20. The smallest absolute Gasteiger partial charge is 0.170 e. The highest BCUT2D eigenvalue weighted by Gasteiger charge is 2.19. The molecule has 15 heavy (non-hydrogen) atoms. The highest BCUT2D eigenvalue weighted by Crippen LogP contribution is 2.24. The number of rotatable bonds is 2. The van der Waals surface area contributed by atoms with Crippen molar-refractivity contribution in [3.63, 3.8) is 0 Å². The quantitative estimate of drug-likeness (QED) is 0.619. The van der Waals surface area contributed by atoms with Crippen molar-refractivity contribution in [2.45, 2.75) is 12.2 Å². The topological polar surface area (TPSA) is 92.9 Å². The Kier molecular flexibility index (Phi) is 2.37. The number of hydrogen-bond acceptors (Lipinski definition) is 4. The number of H-pyrrole nitrogens is 1. The summed E-state index contributed by atoms with van der Waals surface area (Å²) >= 11 is 0. The highest BCUT2D eigenvalue weighted by atomic mass is 16.3. The van der Waals surface area contributed by atoms with Gasteiger partial charge in [0.05, 0.1) is 17.8 Å². The summed E-state index contributed by atoms with van der Waals surface area (Å²) in [6, 6.07) is 6.78. The normalized spacial score (nSPS) is 14.7. The Morgan fingerprint density at radius 1 is 1.40 bits per heavy atom. The molecule has 2 atom stereocenters. The van der Waals surface area contributed by atoms with Crippen LogP contribution in [0.4, 0.5) is 0 Å². The molecule has 1 aromatic carbocycles. The van der Waals surface area contributed by atoms with Gasteiger partial charge in [0.2, 0.25) is 0 Å². The lowest BCUT2D eigenvalue weighted by atomic mass is 10.0. The molecular weight excluding hydrogens is 194 g/mol. The number of nitrogens with one attached hydrogen (secondary N) is 1. The van der Waals surface area contributed by atoms with Crippen molar-refractivity contribution >= 4 is 10.9 Å². The van der Waals surface area contributed by atoms with E-state index >= 15 is 0 Å². The summed E-state index contributed by atoms with van der Waals surface area (Å²) in [5.74, 6) is 0. The number of fused-ring (bicyclic) bond motifs is 1. The standard InChI is InChI=1S/C10H9N3O2/c11-4-9(14)10(15)6-2-1-3-8-7(6)5-12-13-8/h1-3,5,9-10,14-15H,(H,12,13). The maximum absolute atomic E-state index is 9.69. The number of aliphatic hydroxyl groups excluding tert-OH is 2. The van der Waals surface area contributed by atoms with Crippen molar-refractivity contribution in [2.75, 3.05) is 0 Å². The molecule has 0 saturated heterocycles. The van der Waals surface area contributed by atoms with E-state index in [1.165, 1.54) is 0 Å². The fourth-order valence-corrected chi connectivity index (χ4v) is 1.49. The average molecular weight is 203 g/mol. The van der Waals surface area contributed by atoms with E-state index in [-0.39, 0.29) is 0 Å². The molecular formula is C10H9N3O2. The van der Waals surface area contributed by atoms with Crippen LogP contribution in [0.25, 0.3) is 10.9 Å². The molecule has 1 aromatic heterocycles. The van der Waals surface area contributed by atoms with Crippen LogP contribution in [-0.4, -0.2) is 26.5 Å². The van der Waals surface area contributed by atoms with Gasteiger partial charge < -0.3 is 10.2 Å². The van der Waals surface area contributed by atoms with E-state index in [1.807, 2.05) is 0 Å². The molecule has 0 fully saturated rings. The van der Waals surface area contributed by atoms with Gasteiger partial charge in [0, 0.05) is 5.39 Å². The Morgan fingerprint density at radius 2 is 2.20 bits per heavy atom. The average Bonchev–Trinajstić information content (AvgIpc) is 2.74. The van der Waals surface area contributed by atoms with E-state index in [0.717, 1.165) is 5.52 Å². The van der Waals surface area contributed by atoms with Crippen molar-refractivity contribution in [3.8, 4) is 6.07 Å². The molecule has 0 bridgehead atoms. The summed E-state index contributed by atoms with van der Waals surface area (Å²) < 4.78 is 0. The third kappa shape index (κ3) is 1.56. The van der Waals surface area contributed by atoms with E-state index < -0.39 is 12.2 Å². The largest absolute Gasteiger partial charge is 0.385 e. The minimum atomic E-state index is -1.43. The van der Waals surface area contributed by atoms with Crippen LogP contribution in [0.1, 0.15) is 11.7 Å². The van der Waals surface area contributed by atoms with Crippen molar-refractivity contribution in [2.24, 2.45) is 0 Å². The van der Waals surface area contributed by atoms with Gasteiger partial charge in [-0.2, -0.15) is 10.4 Å². The van der Waals surface area contributed by atoms with Crippen LogP contribution in [0, 0.1) is 11.3 Å². The lowest BCUT2D eigenvalue weighted by Crippen LogP contribution is -2.15. The zero-order valence-electron chi connectivity index (χ0n) is 7.75. The van der Waals surface area contributed by atoms with Crippen molar-refractivity contribution in [3.05, 3.63) is 30.0 Å². The van der Waals surface area contributed by atoms with Crippen LogP contribution in [0.2, 0.25) is 0 Å². The fourth-order valence-electron chi connectivity index (χ4n) is 1.49. The van der Waals surface area contributed by atoms with Gasteiger partial charge in [-0.05, 0) is 11.6 Å². The first-order valence-corrected chi connectivity index (χ1v) is 4.42. The Bertz CT molecular complexity index is 515. The summed E-state index contributed by atoms with van der Waals surface area (Å²) in [5.41, 5.74) is 1.26. The van der Waals surface area contributed by atoms with Gasteiger partial charge in [-0.3, -0.25) is 5.10 Å². The maximum atomic E-state index is 9.69. The zero-order valence-corrected chi connectivity index (χ0v) is 7.75. The Balaban J connectivity index is 2.52. The lowest BCUT2D eigenvalue weighted by molar-refractivity contribution is 0.0538. The number of hydrogen-bond donors (Lipinski definition) is 3. The summed E-state index contributed by atoms with van der Waals surface area (Å²) in [6.07, 6.45) is -1.08. The molecule has 2 aromatic rings. The van der Waals surface area contributed by atoms with E-state index in [1.54, 1.807) is 30.5 Å². The predicted molar refractivity (Wildman–Crippen MR) is 52.7 cm³/mol. The fraction of sp³-hybridized carbons (Fsp3) is 0.200. The van der Waals surface area contributed by atoms with Gasteiger partial charge in [0.15, 0.2) is 6.10 Å². The van der Waals surface area contributed by atoms with E-state index in [2.05, 4.69) is 10.2 Å². The molecule has 0 aliphatic heterocycles. The summed E-state index contributed by atoms with van der Waals surface area (Å²) in [4.78, 5) is 0. The third-order valence-corrected chi connectivity index (χ3v) is 2.27. The monoisotopic (exact) mass is 203 g/mol. The number of aromatic nitrogens is 2. The first-order chi connectivity index (χ1) is 7.24. The number of benzene rings is 1. The molecule has 0 saturated carbocycles. The second-order valence-electron chi connectivity index (χ2n) is 3.20. The van der Waals surface area contributed by atoms with E-state index in [4.69, 9.17) is 5.26 Å². The SMILES string of the molecule is N#CC(O)C(O)c1cccc2[nH]ncc12. The maximum Gasteiger partial charge on any atom is 0.170 e. The van der Waals surface area contributed by atoms with Crippen LogP contribution < -0.4 is 0 Å². The third-order valence-electron chi connectivity index (χ3n) is 2.27. The molecule has 5 heteroatoms. The predicted octanol–water partition coefficient (Wildman–Crippen LogP) is 0.481. The molecule has 0 spiro atoms. The summed E-state index contributed by atoms with van der Waals surface area (Å²) in [5, 5.41) is 34.7. The van der Waals surface area contributed by atoms with E-state index in [0.29, 0.717) is 10.9 Å². The molecule has 0 amide bonds. The Hall–Kier alpha value is -1.90. The molecule has 5 nitrogen and oxygen atoms in total.